The normalized spacial score (nSPS) is 11.7. The summed E-state index contributed by atoms with van der Waals surface area (Å²) in [5.74, 6) is 1.36. The van der Waals surface area contributed by atoms with Gasteiger partial charge in [-0.05, 0) is 78.2 Å². The molecule has 232 valence electrons. The van der Waals surface area contributed by atoms with Gasteiger partial charge in [-0.15, -0.1) is 0 Å². The van der Waals surface area contributed by atoms with Crippen LogP contribution in [0.5, 0.6) is 11.5 Å². The van der Waals surface area contributed by atoms with Gasteiger partial charge < -0.3 is 30.2 Å². The molecule has 8 heteroatoms. The summed E-state index contributed by atoms with van der Waals surface area (Å²) in [6, 6.07) is 35.0. The van der Waals surface area contributed by atoms with Crippen LogP contribution in [0.15, 0.2) is 126 Å². The molecule has 0 spiro atoms. The van der Waals surface area contributed by atoms with Gasteiger partial charge in [-0.1, -0.05) is 54.6 Å². The van der Waals surface area contributed by atoms with E-state index >= 15 is 0 Å². The van der Waals surface area contributed by atoms with Crippen molar-refractivity contribution >= 4 is 22.3 Å². The van der Waals surface area contributed by atoms with Crippen LogP contribution >= 0.6 is 0 Å². The molecule has 2 aromatic heterocycles. The number of rotatable bonds is 13. The van der Waals surface area contributed by atoms with E-state index in [2.05, 4.69) is 50.9 Å². The second kappa shape index (κ2) is 14.6. The van der Waals surface area contributed by atoms with Crippen molar-refractivity contribution in [2.75, 3.05) is 25.5 Å². The van der Waals surface area contributed by atoms with Crippen molar-refractivity contribution in [2.45, 2.75) is 19.1 Å². The van der Waals surface area contributed by atoms with Crippen molar-refractivity contribution in [1.29, 1.82) is 0 Å². The maximum atomic E-state index is 12.1. The number of aromatic nitrogens is 2. The van der Waals surface area contributed by atoms with Crippen LogP contribution in [-0.2, 0) is 13.0 Å². The Balaban J connectivity index is 1.04. The molecule has 0 fully saturated rings. The highest BCUT2D eigenvalue weighted by Crippen LogP contribution is 2.33. The number of anilines is 2. The number of aliphatic hydroxyl groups excluding tert-OH is 1. The van der Waals surface area contributed by atoms with Crippen molar-refractivity contribution in [3.05, 3.63) is 149 Å². The van der Waals surface area contributed by atoms with Crippen LogP contribution in [0.25, 0.3) is 22.0 Å². The molecule has 8 nitrogen and oxygen atoms in total. The number of aliphatic hydroxyl groups is 1. The van der Waals surface area contributed by atoms with E-state index in [4.69, 9.17) is 9.47 Å². The Labute approximate surface area is 267 Å². The number of hydrogen-bond acceptors (Lipinski definition) is 7. The van der Waals surface area contributed by atoms with Gasteiger partial charge in [0.2, 0.25) is 5.56 Å². The Kier molecular flexibility index (Phi) is 9.68. The predicted molar refractivity (Wildman–Crippen MR) is 183 cm³/mol. The van der Waals surface area contributed by atoms with Gasteiger partial charge >= 0.3 is 0 Å². The summed E-state index contributed by atoms with van der Waals surface area (Å²) in [7, 11) is 1.67. The Bertz CT molecular complexity index is 1940. The lowest BCUT2D eigenvalue weighted by atomic mass is 10.0. The molecule has 0 bridgehead atoms. The summed E-state index contributed by atoms with van der Waals surface area (Å²) in [6.45, 7) is 1.45. The zero-order chi connectivity index (χ0) is 31.7. The molecule has 0 unspecified atom stereocenters. The molecule has 0 saturated heterocycles. The molecular formula is C38H36N4O4. The fourth-order valence-corrected chi connectivity index (χ4v) is 5.43. The molecule has 4 N–H and O–H groups in total. The van der Waals surface area contributed by atoms with Gasteiger partial charge in [-0.3, -0.25) is 9.78 Å². The van der Waals surface area contributed by atoms with Gasteiger partial charge in [0.15, 0.2) is 0 Å². The van der Waals surface area contributed by atoms with E-state index in [9.17, 15) is 9.90 Å². The first-order chi connectivity index (χ1) is 22.6. The van der Waals surface area contributed by atoms with Crippen LogP contribution in [0.4, 0.5) is 11.4 Å². The zero-order valence-corrected chi connectivity index (χ0v) is 25.6. The zero-order valence-electron chi connectivity index (χ0n) is 25.6. The minimum atomic E-state index is -0.760. The molecule has 0 aliphatic carbocycles. The maximum Gasteiger partial charge on any atom is 0.248 e. The predicted octanol–water partition coefficient (Wildman–Crippen LogP) is 6.79. The quantitative estimate of drug-likeness (QED) is 0.106. The number of hydrogen-bond donors (Lipinski definition) is 4. The summed E-state index contributed by atoms with van der Waals surface area (Å²) in [5.41, 5.74) is 7.20. The summed E-state index contributed by atoms with van der Waals surface area (Å²) < 4.78 is 11.6. The molecular weight excluding hydrogens is 576 g/mol. The molecule has 6 rings (SSSR count). The van der Waals surface area contributed by atoms with Crippen LogP contribution in [0.2, 0.25) is 0 Å². The van der Waals surface area contributed by atoms with Gasteiger partial charge in [0, 0.05) is 52.9 Å². The lowest BCUT2D eigenvalue weighted by Crippen LogP contribution is -2.24. The lowest BCUT2D eigenvalue weighted by Gasteiger charge is -2.17. The lowest BCUT2D eigenvalue weighted by molar-refractivity contribution is 0.176. The van der Waals surface area contributed by atoms with Gasteiger partial charge in [0.25, 0.3) is 0 Å². The van der Waals surface area contributed by atoms with Crippen molar-refractivity contribution in [2.24, 2.45) is 0 Å². The number of nitrogens with zero attached hydrogens (tertiary/aromatic N) is 1. The standard InChI is InChI=1S/C38H36N4O4/c1-45-35-16-13-30(22-33(35)28-8-5-20-39-23-28)41-29-11-9-26(10-12-29)19-21-40-24-34(43)31-14-17-36(38-32(31)15-18-37(44)42-38)46-25-27-6-3-2-4-7-27/h2-18,20,22-23,34,40-41,43H,19,21,24-25H2,1H3,(H,42,44)/t34-/m0/s1. The SMILES string of the molecule is COc1ccc(Nc2ccc(CCNC[C@H](O)c3ccc(OCc4ccccc4)c4[nH]c(=O)ccc34)cc2)cc1-c1cccnc1. The molecule has 0 saturated carbocycles. The third kappa shape index (κ3) is 7.43. The summed E-state index contributed by atoms with van der Waals surface area (Å²) in [4.78, 5) is 19.3. The number of nitrogens with one attached hydrogen (secondary N) is 3. The number of aromatic amines is 1. The summed E-state index contributed by atoms with van der Waals surface area (Å²) >= 11 is 0. The summed E-state index contributed by atoms with van der Waals surface area (Å²) in [6.07, 6.45) is 3.63. The number of fused-ring (bicyclic) bond motifs is 1. The number of pyridine rings is 2. The minimum Gasteiger partial charge on any atom is -0.496 e. The van der Waals surface area contributed by atoms with E-state index in [1.807, 2.05) is 66.9 Å². The molecule has 0 aliphatic rings. The topological polar surface area (TPSA) is 108 Å². The number of methoxy groups -OCH3 is 1. The second-order valence-corrected chi connectivity index (χ2v) is 11.0. The molecule has 46 heavy (non-hydrogen) atoms. The van der Waals surface area contributed by atoms with Gasteiger partial charge in [-0.2, -0.15) is 0 Å². The van der Waals surface area contributed by atoms with E-state index in [0.717, 1.165) is 51.2 Å². The highest BCUT2D eigenvalue weighted by molar-refractivity contribution is 5.87. The van der Waals surface area contributed by atoms with Crippen LogP contribution in [0.1, 0.15) is 22.8 Å². The van der Waals surface area contributed by atoms with E-state index in [0.29, 0.717) is 31.0 Å². The Morgan fingerprint density at radius 3 is 2.43 bits per heavy atom. The monoisotopic (exact) mass is 612 g/mol. The van der Waals surface area contributed by atoms with E-state index in [1.54, 1.807) is 25.4 Å². The first kappa shape index (κ1) is 30.6. The van der Waals surface area contributed by atoms with Gasteiger partial charge in [-0.25, -0.2) is 0 Å². The first-order valence-corrected chi connectivity index (χ1v) is 15.2. The highest BCUT2D eigenvalue weighted by Gasteiger charge is 2.15. The minimum absolute atomic E-state index is 0.221. The first-order valence-electron chi connectivity index (χ1n) is 15.2. The number of benzene rings is 4. The van der Waals surface area contributed by atoms with Crippen molar-refractivity contribution in [1.82, 2.24) is 15.3 Å². The van der Waals surface area contributed by atoms with Gasteiger partial charge in [0.05, 0.1) is 18.7 Å². The van der Waals surface area contributed by atoms with Crippen LogP contribution in [-0.4, -0.2) is 35.3 Å². The van der Waals surface area contributed by atoms with Gasteiger partial charge in [0.1, 0.15) is 18.1 Å². The molecule has 6 aromatic rings. The number of ether oxygens (including phenoxy) is 2. The second-order valence-electron chi connectivity index (χ2n) is 11.0. The molecule has 2 heterocycles. The summed E-state index contributed by atoms with van der Waals surface area (Å²) in [5, 5.41) is 18.7. The third-order valence-corrected chi connectivity index (χ3v) is 7.83. The molecule has 0 amide bonds. The molecule has 4 aromatic carbocycles. The molecule has 0 aliphatic heterocycles. The largest absolute Gasteiger partial charge is 0.496 e. The van der Waals surface area contributed by atoms with E-state index < -0.39 is 6.10 Å². The Morgan fingerprint density at radius 1 is 0.848 bits per heavy atom. The smallest absolute Gasteiger partial charge is 0.248 e. The highest BCUT2D eigenvalue weighted by atomic mass is 16.5. The van der Waals surface area contributed by atoms with Crippen LogP contribution in [0, 0.1) is 0 Å². The third-order valence-electron chi connectivity index (χ3n) is 7.83. The van der Waals surface area contributed by atoms with Crippen molar-refractivity contribution < 1.29 is 14.6 Å². The fraction of sp³-hybridized carbons (Fsp3) is 0.158. The average molecular weight is 613 g/mol. The molecule has 0 radical (unpaired) electrons. The Hall–Kier alpha value is -5.44. The van der Waals surface area contributed by atoms with E-state index in [-0.39, 0.29) is 5.56 Å². The fourth-order valence-electron chi connectivity index (χ4n) is 5.43. The Morgan fingerprint density at radius 2 is 1.65 bits per heavy atom. The number of H-pyrrole nitrogens is 1. The van der Waals surface area contributed by atoms with Crippen molar-refractivity contribution in [3.8, 4) is 22.6 Å². The molecule has 1 atom stereocenters. The van der Waals surface area contributed by atoms with E-state index in [1.165, 1.54) is 11.6 Å². The van der Waals surface area contributed by atoms with Crippen molar-refractivity contribution in [3.63, 3.8) is 0 Å². The van der Waals surface area contributed by atoms with Crippen LogP contribution < -0.4 is 25.7 Å². The maximum absolute atomic E-state index is 12.1. The average Bonchev–Trinajstić information content (AvgIpc) is 3.10. The van der Waals surface area contributed by atoms with Crippen LogP contribution in [0.3, 0.4) is 0 Å².